The Kier molecular flexibility index (Phi) is 3.44. The molecule has 0 saturated heterocycles. The molecule has 0 bridgehead atoms. The zero-order valence-electron chi connectivity index (χ0n) is 11.5. The molecule has 106 valence electrons. The predicted molar refractivity (Wildman–Crippen MR) is 80.8 cm³/mol. The highest BCUT2D eigenvalue weighted by Gasteiger charge is 2.22. The highest BCUT2D eigenvalue weighted by molar-refractivity contribution is 6.31. The van der Waals surface area contributed by atoms with Crippen molar-refractivity contribution in [2.24, 2.45) is 5.73 Å². The molecule has 1 aliphatic rings. The van der Waals surface area contributed by atoms with Crippen molar-refractivity contribution in [3.8, 4) is 0 Å². The largest absolute Gasteiger partial charge is 0.370 e. The lowest BCUT2D eigenvalue weighted by Crippen LogP contribution is -2.27. The number of fused-ring (bicyclic) bond motifs is 3. The Morgan fingerprint density at radius 3 is 3.00 bits per heavy atom. The first-order valence-electron chi connectivity index (χ1n) is 6.82. The fraction of sp³-hybridized carbons (Fsp3) is 0.400. The smallest absolute Gasteiger partial charge is 0.219 e. The lowest BCUT2D eigenvalue weighted by atomic mass is 10.1. The summed E-state index contributed by atoms with van der Waals surface area (Å²) in [4.78, 5) is 13.4. The molecule has 2 aromatic rings. The van der Waals surface area contributed by atoms with Crippen LogP contribution in [-0.4, -0.2) is 29.0 Å². The molecule has 1 amide bonds. The third-order valence-corrected chi connectivity index (χ3v) is 4.22. The van der Waals surface area contributed by atoms with Crippen molar-refractivity contribution >= 4 is 28.4 Å². The number of carbonyl (C=O) groups is 1. The summed E-state index contributed by atoms with van der Waals surface area (Å²) < 4.78 is 2.23. The number of likely N-dealkylation sites (N-methyl/N-ethyl adjacent to an activating group) is 1. The first-order chi connectivity index (χ1) is 9.56. The van der Waals surface area contributed by atoms with Gasteiger partial charge in [0, 0.05) is 54.1 Å². The summed E-state index contributed by atoms with van der Waals surface area (Å²) in [5.41, 5.74) is 9.10. The molecule has 1 aliphatic heterocycles. The fourth-order valence-electron chi connectivity index (χ4n) is 3.03. The summed E-state index contributed by atoms with van der Waals surface area (Å²) >= 11 is 6.14. The normalized spacial score (nSPS) is 15.5. The fourth-order valence-corrected chi connectivity index (χ4v) is 3.21. The molecule has 0 fully saturated rings. The van der Waals surface area contributed by atoms with Crippen LogP contribution in [0.25, 0.3) is 10.9 Å². The number of hydrogen-bond donors (Lipinski definition) is 1. The summed E-state index contributed by atoms with van der Waals surface area (Å²) in [7, 11) is 2.13. The Labute approximate surface area is 123 Å². The van der Waals surface area contributed by atoms with Crippen LogP contribution in [0.3, 0.4) is 0 Å². The summed E-state index contributed by atoms with van der Waals surface area (Å²) in [5, 5.41) is 1.95. The molecule has 0 atom stereocenters. The van der Waals surface area contributed by atoms with Crippen LogP contribution >= 0.6 is 11.6 Å². The van der Waals surface area contributed by atoms with E-state index in [2.05, 4.69) is 16.5 Å². The SMILES string of the molecule is CN1CCc2c(c3cc(Cl)ccc3n2CCC(N)=O)C1. The number of aromatic nitrogens is 1. The van der Waals surface area contributed by atoms with Crippen molar-refractivity contribution in [3.63, 3.8) is 0 Å². The van der Waals surface area contributed by atoms with E-state index in [-0.39, 0.29) is 5.91 Å². The maximum atomic E-state index is 11.1. The molecule has 0 aliphatic carbocycles. The molecule has 0 spiro atoms. The lowest BCUT2D eigenvalue weighted by molar-refractivity contribution is -0.118. The van der Waals surface area contributed by atoms with Gasteiger partial charge in [-0.05, 0) is 30.8 Å². The number of benzene rings is 1. The van der Waals surface area contributed by atoms with E-state index in [4.69, 9.17) is 17.3 Å². The van der Waals surface area contributed by atoms with Gasteiger partial charge in [-0.15, -0.1) is 0 Å². The summed E-state index contributed by atoms with van der Waals surface area (Å²) in [5.74, 6) is -0.262. The summed E-state index contributed by atoms with van der Waals surface area (Å²) in [6.07, 6.45) is 1.37. The van der Waals surface area contributed by atoms with Gasteiger partial charge in [0.2, 0.25) is 5.91 Å². The minimum atomic E-state index is -0.262. The van der Waals surface area contributed by atoms with Gasteiger partial charge in [-0.2, -0.15) is 0 Å². The number of aryl methyl sites for hydroxylation is 1. The molecule has 0 saturated carbocycles. The highest BCUT2D eigenvalue weighted by atomic mass is 35.5. The van der Waals surface area contributed by atoms with E-state index in [1.54, 1.807) is 0 Å². The third kappa shape index (κ3) is 2.30. The Hall–Kier alpha value is -1.52. The van der Waals surface area contributed by atoms with Crippen molar-refractivity contribution in [3.05, 3.63) is 34.5 Å². The van der Waals surface area contributed by atoms with E-state index in [1.807, 2.05) is 18.2 Å². The van der Waals surface area contributed by atoms with Crippen molar-refractivity contribution in [2.45, 2.75) is 25.9 Å². The Morgan fingerprint density at radius 2 is 2.25 bits per heavy atom. The minimum absolute atomic E-state index is 0.262. The Balaban J connectivity index is 2.15. The van der Waals surface area contributed by atoms with Crippen molar-refractivity contribution in [1.82, 2.24) is 9.47 Å². The molecular formula is C15H18ClN3O. The van der Waals surface area contributed by atoms with Gasteiger partial charge in [0.25, 0.3) is 0 Å². The number of nitrogens with two attached hydrogens (primary N) is 1. The van der Waals surface area contributed by atoms with Gasteiger partial charge in [-0.1, -0.05) is 11.6 Å². The number of carbonyl (C=O) groups excluding carboxylic acids is 1. The molecular weight excluding hydrogens is 274 g/mol. The maximum absolute atomic E-state index is 11.1. The average Bonchev–Trinajstić information content (AvgIpc) is 2.69. The Bertz CT molecular complexity index is 677. The van der Waals surface area contributed by atoms with Gasteiger partial charge >= 0.3 is 0 Å². The quantitative estimate of drug-likeness (QED) is 0.942. The second kappa shape index (κ2) is 5.11. The lowest BCUT2D eigenvalue weighted by Gasteiger charge is -2.24. The number of amides is 1. The van der Waals surface area contributed by atoms with Gasteiger partial charge in [0.15, 0.2) is 0 Å². The minimum Gasteiger partial charge on any atom is -0.370 e. The summed E-state index contributed by atoms with van der Waals surface area (Å²) in [6.45, 7) is 2.61. The van der Waals surface area contributed by atoms with Gasteiger partial charge < -0.3 is 15.2 Å². The Morgan fingerprint density at radius 1 is 1.45 bits per heavy atom. The molecule has 20 heavy (non-hydrogen) atoms. The van der Waals surface area contributed by atoms with E-state index >= 15 is 0 Å². The highest BCUT2D eigenvalue weighted by Crippen LogP contribution is 2.32. The molecule has 0 radical (unpaired) electrons. The van der Waals surface area contributed by atoms with E-state index in [0.29, 0.717) is 13.0 Å². The number of primary amides is 1. The zero-order valence-corrected chi connectivity index (χ0v) is 12.3. The molecule has 4 nitrogen and oxygen atoms in total. The number of halogens is 1. The molecule has 5 heteroatoms. The van der Waals surface area contributed by atoms with Crippen LogP contribution in [0.1, 0.15) is 17.7 Å². The van der Waals surface area contributed by atoms with Crippen molar-refractivity contribution < 1.29 is 4.79 Å². The van der Waals surface area contributed by atoms with E-state index < -0.39 is 0 Å². The number of rotatable bonds is 3. The van der Waals surface area contributed by atoms with Crippen LogP contribution in [0.15, 0.2) is 18.2 Å². The monoisotopic (exact) mass is 291 g/mol. The van der Waals surface area contributed by atoms with Crippen molar-refractivity contribution in [1.29, 1.82) is 0 Å². The van der Waals surface area contributed by atoms with E-state index in [1.165, 1.54) is 16.6 Å². The molecule has 1 aromatic carbocycles. The molecule has 1 aromatic heterocycles. The van der Waals surface area contributed by atoms with Gasteiger partial charge in [-0.3, -0.25) is 4.79 Å². The van der Waals surface area contributed by atoms with E-state index in [0.717, 1.165) is 30.0 Å². The second-order valence-corrected chi connectivity index (χ2v) is 5.88. The third-order valence-electron chi connectivity index (χ3n) is 3.99. The average molecular weight is 292 g/mol. The van der Waals surface area contributed by atoms with Crippen LogP contribution in [0.4, 0.5) is 0 Å². The first kappa shape index (κ1) is 13.5. The topological polar surface area (TPSA) is 51.3 Å². The number of nitrogens with zero attached hydrogens (tertiary/aromatic N) is 2. The maximum Gasteiger partial charge on any atom is 0.219 e. The van der Waals surface area contributed by atoms with Crippen LogP contribution in [0, 0.1) is 0 Å². The van der Waals surface area contributed by atoms with Crippen LogP contribution in [-0.2, 0) is 24.3 Å². The molecule has 2 heterocycles. The molecule has 0 unspecified atom stereocenters. The standard InChI is InChI=1S/C15H18ClN3O/c1-18-6-4-14-12(9-18)11-8-10(16)2-3-13(11)19(14)7-5-15(17)20/h2-3,8H,4-7,9H2,1H3,(H2,17,20). The van der Waals surface area contributed by atoms with Crippen molar-refractivity contribution in [2.75, 3.05) is 13.6 Å². The van der Waals surface area contributed by atoms with Gasteiger partial charge in [-0.25, -0.2) is 0 Å². The van der Waals surface area contributed by atoms with E-state index in [9.17, 15) is 4.79 Å². The van der Waals surface area contributed by atoms with Gasteiger partial charge in [0.05, 0.1) is 0 Å². The van der Waals surface area contributed by atoms with Crippen LogP contribution in [0.2, 0.25) is 5.02 Å². The predicted octanol–water partition coefficient (Wildman–Crippen LogP) is 2.16. The van der Waals surface area contributed by atoms with Crippen LogP contribution in [0.5, 0.6) is 0 Å². The first-order valence-corrected chi connectivity index (χ1v) is 7.20. The zero-order chi connectivity index (χ0) is 14.3. The molecule has 2 N–H and O–H groups in total. The second-order valence-electron chi connectivity index (χ2n) is 5.44. The molecule has 3 rings (SSSR count). The van der Waals surface area contributed by atoms with Crippen LogP contribution < -0.4 is 5.73 Å². The number of hydrogen-bond acceptors (Lipinski definition) is 2. The van der Waals surface area contributed by atoms with Gasteiger partial charge in [0.1, 0.15) is 0 Å². The summed E-state index contributed by atoms with van der Waals surface area (Å²) in [6, 6.07) is 5.96.